The molecule has 1 fully saturated rings. The standard InChI is InChI=1S/C14H15ClN4OS/c1-21-14-17-6-3-13(18-14)19-7-4-10(9-19)20-12-2-5-16-8-11(12)15/h2-3,5-6,8,10H,4,7,9H2,1H3. The second-order valence-electron chi connectivity index (χ2n) is 4.68. The topological polar surface area (TPSA) is 51.1 Å². The maximum atomic E-state index is 6.07. The van der Waals surface area contributed by atoms with E-state index in [4.69, 9.17) is 16.3 Å². The largest absolute Gasteiger partial charge is 0.487 e. The quantitative estimate of drug-likeness (QED) is 0.637. The number of hydrogen-bond donors (Lipinski definition) is 0. The second kappa shape index (κ2) is 6.49. The van der Waals surface area contributed by atoms with Gasteiger partial charge in [0.1, 0.15) is 22.7 Å². The highest BCUT2D eigenvalue weighted by molar-refractivity contribution is 7.98. The molecule has 0 N–H and O–H groups in total. The predicted molar refractivity (Wildman–Crippen MR) is 84.3 cm³/mol. The molecule has 0 aromatic carbocycles. The van der Waals surface area contributed by atoms with Crippen molar-refractivity contribution < 1.29 is 4.74 Å². The van der Waals surface area contributed by atoms with Crippen LogP contribution in [0.2, 0.25) is 5.02 Å². The van der Waals surface area contributed by atoms with Crippen LogP contribution in [0.25, 0.3) is 0 Å². The molecule has 1 aliphatic rings. The van der Waals surface area contributed by atoms with Gasteiger partial charge in [0.2, 0.25) is 0 Å². The van der Waals surface area contributed by atoms with Crippen molar-refractivity contribution >= 4 is 29.2 Å². The SMILES string of the molecule is CSc1nccc(N2CCC(Oc3ccncc3Cl)C2)n1. The molecular formula is C14H15ClN4OS. The van der Waals surface area contributed by atoms with Crippen LogP contribution in [-0.2, 0) is 0 Å². The van der Waals surface area contributed by atoms with Crippen LogP contribution in [-0.4, -0.2) is 40.4 Å². The van der Waals surface area contributed by atoms with Crippen molar-refractivity contribution in [1.82, 2.24) is 15.0 Å². The van der Waals surface area contributed by atoms with Crippen LogP contribution in [0, 0.1) is 0 Å². The number of pyridine rings is 1. The summed E-state index contributed by atoms with van der Waals surface area (Å²) < 4.78 is 5.95. The fraction of sp³-hybridized carbons (Fsp3) is 0.357. The zero-order valence-electron chi connectivity index (χ0n) is 11.6. The van der Waals surface area contributed by atoms with Gasteiger partial charge in [-0.1, -0.05) is 23.4 Å². The molecule has 7 heteroatoms. The second-order valence-corrected chi connectivity index (χ2v) is 5.86. The average molecular weight is 323 g/mol. The number of ether oxygens (including phenoxy) is 1. The van der Waals surface area contributed by atoms with Crippen molar-refractivity contribution in [3.8, 4) is 5.75 Å². The third-order valence-corrected chi connectivity index (χ3v) is 4.14. The molecule has 0 saturated carbocycles. The lowest BCUT2D eigenvalue weighted by Crippen LogP contribution is -2.25. The van der Waals surface area contributed by atoms with E-state index in [-0.39, 0.29) is 6.10 Å². The molecule has 1 atom stereocenters. The Hall–Kier alpha value is -1.53. The van der Waals surface area contributed by atoms with Crippen molar-refractivity contribution in [2.45, 2.75) is 17.7 Å². The summed E-state index contributed by atoms with van der Waals surface area (Å²) in [5.41, 5.74) is 0. The van der Waals surface area contributed by atoms with Gasteiger partial charge in [-0.05, 0) is 12.3 Å². The number of nitrogens with zero attached hydrogens (tertiary/aromatic N) is 4. The van der Waals surface area contributed by atoms with Crippen LogP contribution >= 0.6 is 23.4 Å². The number of anilines is 1. The van der Waals surface area contributed by atoms with Crippen LogP contribution in [0.3, 0.4) is 0 Å². The highest BCUT2D eigenvalue weighted by Crippen LogP contribution is 2.27. The van der Waals surface area contributed by atoms with E-state index in [9.17, 15) is 0 Å². The molecule has 3 rings (SSSR count). The highest BCUT2D eigenvalue weighted by Gasteiger charge is 2.25. The number of rotatable bonds is 4. The van der Waals surface area contributed by atoms with Gasteiger partial charge < -0.3 is 9.64 Å². The molecule has 2 aromatic rings. The van der Waals surface area contributed by atoms with Crippen molar-refractivity contribution in [2.75, 3.05) is 24.2 Å². The Morgan fingerprint density at radius 3 is 3.10 bits per heavy atom. The predicted octanol–water partition coefficient (Wildman–Crippen LogP) is 2.90. The lowest BCUT2D eigenvalue weighted by molar-refractivity contribution is 0.225. The van der Waals surface area contributed by atoms with Crippen LogP contribution in [0.5, 0.6) is 5.75 Å². The Morgan fingerprint density at radius 1 is 1.38 bits per heavy atom. The summed E-state index contributed by atoms with van der Waals surface area (Å²) in [7, 11) is 0. The van der Waals surface area contributed by atoms with Gasteiger partial charge in [-0.25, -0.2) is 9.97 Å². The summed E-state index contributed by atoms with van der Waals surface area (Å²) in [5, 5.41) is 1.33. The number of halogens is 1. The van der Waals surface area contributed by atoms with Gasteiger partial charge in [0.25, 0.3) is 0 Å². The molecule has 0 aliphatic carbocycles. The minimum absolute atomic E-state index is 0.109. The van der Waals surface area contributed by atoms with Gasteiger partial charge in [-0.15, -0.1) is 0 Å². The maximum Gasteiger partial charge on any atom is 0.189 e. The molecule has 5 nitrogen and oxygen atoms in total. The number of hydrogen-bond acceptors (Lipinski definition) is 6. The molecule has 0 spiro atoms. The minimum Gasteiger partial charge on any atom is -0.487 e. The third kappa shape index (κ3) is 3.39. The van der Waals surface area contributed by atoms with E-state index < -0.39 is 0 Å². The van der Waals surface area contributed by atoms with Gasteiger partial charge in [0.15, 0.2) is 5.16 Å². The molecule has 3 heterocycles. The lowest BCUT2D eigenvalue weighted by Gasteiger charge is -2.18. The van der Waals surface area contributed by atoms with Crippen molar-refractivity contribution in [1.29, 1.82) is 0 Å². The molecule has 0 radical (unpaired) electrons. The van der Waals surface area contributed by atoms with Gasteiger partial charge in [0, 0.05) is 37.6 Å². The smallest absolute Gasteiger partial charge is 0.189 e. The zero-order valence-corrected chi connectivity index (χ0v) is 13.1. The first-order valence-electron chi connectivity index (χ1n) is 6.64. The van der Waals surface area contributed by atoms with Crippen LogP contribution < -0.4 is 9.64 Å². The summed E-state index contributed by atoms with van der Waals surface area (Å²) in [6.07, 6.45) is 8.10. The average Bonchev–Trinajstić information content (AvgIpc) is 2.98. The van der Waals surface area contributed by atoms with Gasteiger partial charge in [0.05, 0.1) is 6.54 Å². The summed E-state index contributed by atoms with van der Waals surface area (Å²) in [6, 6.07) is 3.73. The first-order valence-corrected chi connectivity index (χ1v) is 8.24. The summed E-state index contributed by atoms with van der Waals surface area (Å²) in [6.45, 7) is 1.71. The van der Waals surface area contributed by atoms with Crippen LogP contribution in [0.4, 0.5) is 5.82 Å². The van der Waals surface area contributed by atoms with Crippen LogP contribution in [0.15, 0.2) is 35.9 Å². The minimum atomic E-state index is 0.109. The Morgan fingerprint density at radius 2 is 2.29 bits per heavy atom. The van der Waals surface area contributed by atoms with E-state index in [2.05, 4.69) is 19.9 Å². The Labute approximate surface area is 132 Å². The Kier molecular flexibility index (Phi) is 4.45. The van der Waals surface area contributed by atoms with Crippen LogP contribution in [0.1, 0.15) is 6.42 Å². The normalized spacial score (nSPS) is 18.0. The monoisotopic (exact) mass is 322 g/mol. The third-order valence-electron chi connectivity index (χ3n) is 3.30. The van der Waals surface area contributed by atoms with Gasteiger partial charge >= 0.3 is 0 Å². The molecule has 0 amide bonds. The van der Waals surface area contributed by atoms with E-state index in [1.807, 2.05) is 12.3 Å². The Bertz CT molecular complexity index is 627. The first kappa shape index (κ1) is 14.4. The molecular weight excluding hydrogens is 308 g/mol. The fourth-order valence-corrected chi connectivity index (χ4v) is 2.79. The zero-order chi connectivity index (χ0) is 14.7. The summed E-state index contributed by atoms with van der Waals surface area (Å²) in [5.74, 6) is 1.63. The van der Waals surface area contributed by atoms with E-state index in [0.29, 0.717) is 10.8 Å². The molecule has 1 saturated heterocycles. The molecule has 2 aromatic heterocycles. The van der Waals surface area contributed by atoms with E-state index in [1.165, 1.54) is 0 Å². The van der Waals surface area contributed by atoms with Gasteiger partial charge in [-0.2, -0.15) is 0 Å². The molecule has 21 heavy (non-hydrogen) atoms. The molecule has 1 unspecified atom stereocenters. The van der Waals surface area contributed by atoms with E-state index in [0.717, 1.165) is 30.5 Å². The van der Waals surface area contributed by atoms with Crippen molar-refractivity contribution in [3.63, 3.8) is 0 Å². The Balaban J connectivity index is 1.66. The maximum absolute atomic E-state index is 6.07. The van der Waals surface area contributed by atoms with Gasteiger partial charge in [-0.3, -0.25) is 4.98 Å². The summed E-state index contributed by atoms with van der Waals surface area (Å²) >= 11 is 7.61. The molecule has 0 bridgehead atoms. The molecule has 110 valence electrons. The first-order chi connectivity index (χ1) is 10.3. The number of aromatic nitrogens is 3. The van der Waals surface area contributed by atoms with Crippen molar-refractivity contribution in [2.24, 2.45) is 0 Å². The lowest BCUT2D eigenvalue weighted by atomic mass is 10.3. The van der Waals surface area contributed by atoms with Crippen molar-refractivity contribution in [3.05, 3.63) is 35.7 Å². The fourth-order valence-electron chi connectivity index (χ4n) is 2.28. The highest BCUT2D eigenvalue weighted by atomic mass is 35.5. The number of thioether (sulfide) groups is 1. The molecule has 1 aliphatic heterocycles. The van der Waals surface area contributed by atoms with E-state index in [1.54, 1.807) is 36.4 Å². The summed E-state index contributed by atoms with van der Waals surface area (Å²) in [4.78, 5) is 14.9. The van der Waals surface area contributed by atoms with E-state index >= 15 is 0 Å².